The molecule has 5 aromatic rings. The molecule has 2 N–H and O–H groups in total. The molecule has 144 valence electrons. The van der Waals surface area contributed by atoms with E-state index in [1.807, 2.05) is 91.0 Å². The fourth-order valence-electron chi connectivity index (χ4n) is 3.85. The molecule has 0 bridgehead atoms. The average Bonchev–Trinajstić information content (AvgIpc) is 2.79. The molecule has 0 spiro atoms. The number of phenols is 1. The van der Waals surface area contributed by atoms with Crippen LogP contribution in [0, 0.1) is 0 Å². The maximum Gasteiger partial charge on any atom is 0.255 e. The van der Waals surface area contributed by atoms with Crippen molar-refractivity contribution in [2.24, 2.45) is 0 Å². The molecule has 0 aromatic heterocycles. The smallest absolute Gasteiger partial charge is 0.255 e. The Balaban J connectivity index is 1.56. The summed E-state index contributed by atoms with van der Waals surface area (Å²) >= 11 is 0. The summed E-state index contributed by atoms with van der Waals surface area (Å²) in [6, 6.07) is 32.8. The molecular weight excluding hydrogens is 370 g/mol. The van der Waals surface area contributed by atoms with Gasteiger partial charge in [-0.05, 0) is 57.4 Å². The molecule has 0 aliphatic heterocycles. The number of anilines is 1. The molecule has 0 fully saturated rings. The number of fused-ring (bicyclic) bond motifs is 2. The van der Waals surface area contributed by atoms with Gasteiger partial charge in [-0.15, -0.1) is 0 Å². The minimum absolute atomic E-state index is 0.156. The van der Waals surface area contributed by atoms with Crippen molar-refractivity contribution in [3.63, 3.8) is 0 Å². The SMILES string of the molecule is O=C(Nc1ccccc1-c1cccc2ccc(O)cc12)c1ccc2ccccc2c1. The third kappa shape index (κ3) is 3.27. The van der Waals surface area contributed by atoms with Crippen molar-refractivity contribution < 1.29 is 9.90 Å². The van der Waals surface area contributed by atoms with Crippen LogP contribution in [0.1, 0.15) is 10.4 Å². The molecule has 30 heavy (non-hydrogen) atoms. The molecule has 5 rings (SSSR count). The first-order valence-corrected chi connectivity index (χ1v) is 9.80. The molecule has 0 saturated heterocycles. The van der Waals surface area contributed by atoms with Crippen molar-refractivity contribution >= 4 is 33.1 Å². The highest BCUT2D eigenvalue weighted by molar-refractivity contribution is 6.09. The lowest BCUT2D eigenvalue weighted by molar-refractivity contribution is 0.102. The second kappa shape index (κ2) is 7.37. The number of hydrogen-bond donors (Lipinski definition) is 2. The molecule has 0 heterocycles. The van der Waals surface area contributed by atoms with Crippen molar-refractivity contribution in [2.45, 2.75) is 0 Å². The van der Waals surface area contributed by atoms with Crippen molar-refractivity contribution in [2.75, 3.05) is 5.32 Å². The summed E-state index contributed by atoms with van der Waals surface area (Å²) in [7, 11) is 0. The van der Waals surface area contributed by atoms with Crippen molar-refractivity contribution in [1.29, 1.82) is 0 Å². The van der Waals surface area contributed by atoms with E-state index in [4.69, 9.17) is 0 Å². The number of nitrogens with one attached hydrogen (secondary N) is 1. The van der Waals surface area contributed by atoms with Gasteiger partial charge >= 0.3 is 0 Å². The average molecular weight is 389 g/mol. The number of amides is 1. The Morgan fingerprint density at radius 3 is 2.23 bits per heavy atom. The van der Waals surface area contributed by atoms with Crippen LogP contribution in [0.25, 0.3) is 32.7 Å². The Morgan fingerprint density at radius 1 is 0.633 bits per heavy atom. The van der Waals surface area contributed by atoms with Crippen LogP contribution in [0.2, 0.25) is 0 Å². The lowest BCUT2D eigenvalue weighted by atomic mass is 9.96. The predicted molar refractivity (Wildman–Crippen MR) is 123 cm³/mol. The number of para-hydroxylation sites is 1. The van der Waals surface area contributed by atoms with E-state index in [0.717, 1.165) is 38.4 Å². The quantitative estimate of drug-likeness (QED) is 0.364. The number of rotatable bonds is 3. The number of carbonyl (C=O) groups excluding carboxylic acids is 1. The second-order valence-corrected chi connectivity index (χ2v) is 7.27. The summed E-state index contributed by atoms with van der Waals surface area (Å²) in [5, 5.41) is 17.1. The van der Waals surface area contributed by atoms with Gasteiger partial charge in [-0.1, -0.05) is 72.8 Å². The van der Waals surface area contributed by atoms with Gasteiger partial charge in [0.2, 0.25) is 0 Å². The number of aromatic hydroxyl groups is 1. The van der Waals surface area contributed by atoms with Crippen molar-refractivity contribution in [3.8, 4) is 16.9 Å². The highest BCUT2D eigenvalue weighted by Crippen LogP contribution is 2.35. The van der Waals surface area contributed by atoms with E-state index < -0.39 is 0 Å². The molecule has 5 aromatic carbocycles. The molecule has 0 unspecified atom stereocenters. The summed E-state index contributed by atoms with van der Waals surface area (Å²) in [6.07, 6.45) is 0. The number of hydrogen-bond acceptors (Lipinski definition) is 2. The number of carbonyl (C=O) groups is 1. The topological polar surface area (TPSA) is 49.3 Å². The Bertz CT molecular complexity index is 1400. The molecule has 3 nitrogen and oxygen atoms in total. The molecular formula is C27H19NO2. The van der Waals surface area contributed by atoms with Gasteiger partial charge < -0.3 is 10.4 Å². The van der Waals surface area contributed by atoms with Crippen LogP contribution >= 0.6 is 0 Å². The van der Waals surface area contributed by atoms with Gasteiger partial charge in [0.05, 0.1) is 0 Å². The molecule has 1 amide bonds. The van der Waals surface area contributed by atoms with Crippen LogP contribution in [0.15, 0.2) is 103 Å². The number of benzene rings is 5. The third-order valence-electron chi connectivity index (χ3n) is 5.34. The summed E-state index contributed by atoms with van der Waals surface area (Å²) in [5.41, 5.74) is 3.20. The minimum atomic E-state index is -0.156. The van der Waals surface area contributed by atoms with Crippen LogP contribution in [0.5, 0.6) is 5.75 Å². The Labute approximate surface area is 174 Å². The summed E-state index contributed by atoms with van der Waals surface area (Å²) < 4.78 is 0. The van der Waals surface area contributed by atoms with E-state index in [1.54, 1.807) is 12.1 Å². The van der Waals surface area contributed by atoms with E-state index >= 15 is 0 Å². The van der Waals surface area contributed by atoms with Crippen LogP contribution in [-0.2, 0) is 0 Å². The van der Waals surface area contributed by atoms with E-state index in [1.165, 1.54) is 0 Å². The highest BCUT2D eigenvalue weighted by Gasteiger charge is 2.13. The first-order valence-electron chi connectivity index (χ1n) is 9.80. The standard InChI is InChI=1S/C27H19NO2/c29-22-15-14-19-8-5-10-23(25(19)17-22)24-9-3-4-11-26(24)28-27(30)21-13-12-18-6-1-2-7-20(18)16-21/h1-17,29H,(H,28,30). The first-order chi connectivity index (χ1) is 14.7. The summed E-state index contributed by atoms with van der Waals surface area (Å²) in [4.78, 5) is 13.0. The van der Waals surface area contributed by atoms with E-state index in [2.05, 4.69) is 5.32 Å². The highest BCUT2D eigenvalue weighted by atomic mass is 16.3. The lowest BCUT2D eigenvalue weighted by Crippen LogP contribution is -2.12. The van der Waals surface area contributed by atoms with Gasteiger partial charge in [0.1, 0.15) is 5.75 Å². The van der Waals surface area contributed by atoms with Crippen LogP contribution in [-0.4, -0.2) is 11.0 Å². The Morgan fingerprint density at radius 2 is 1.33 bits per heavy atom. The maximum absolute atomic E-state index is 13.0. The largest absolute Gasteiger partial charge is 0.508 e. The normalized spacial score (nSPS) is 10.9. The van der Waals surface area contributed by atoms with Crippen molar-refractivity contribution in [1.82, 2.24) is 0 Å². The predicted octanol–water partition coefficient (Wildman–Crippen LogP) is 6.62. The zero-order valence-corrected chi connectivity index (χ0v) is 16.2. The molecule has 0 saturated carbocycles. The minimum Gasteiger partial charge on any atom is -0.508 e. The Hall–Kier alpha value is -4.11. The van der Waals surface area contributed by atoms with E-state index in [0.29, 0.717) is 5.56 Å². The maximum atomic E-state index is 13.0. The lowest BCUT2D eigenvalue weighted by Gasteiger charge is -2.14. The first kappa shape index (κ1) is 18.0. The van der Waals surface area contributed by atoms with E-state index in [9.17, 15) is 9.90 Å². The van der Waals surface area contributed by atoms with Gasteiger partial charge in [-0.25, -0.2) is 0 Å². The molecule has 0 aliphatic rings. The van der Waals surface area contributed by atoms with Gasteiger partial charge in [-0.3, -0.25) is 4.79 Å². The van der Waals surface area contributed by atoms with Gasteiger partial charge in [0, 0.05) is 16.8 Å². The van der Waals surface area contributed by atoms with Gasteiger partial charge in [0.25, 0.3) is 5.91 Å². The molecule has 0 radical (unpaired) electrons. The number of phenolic OH excluding ortho intramolecular Hbond substituents is 1. The zero-order chi connectivity index (χ0) is 20.5. The van der Waals surface area contributed by atoms with Crippen molar-refractivity contribution in [3.05, 3.63) is 109 Å². The van der Waals surface area contributed by atoms with Gasteiger partial charge in [-0.2, -0.15) is 0 Å². The molecule has 3 heteroatoms. The van der Waals surface area contributed by atoms with Gasteiger partial charge in [0.15, 0.2) is 0 Å². The third-order valence-corrected chi connectivity index (χ3v) is 5.34. The van der Waals surface area contributed by atoms with E-state index in [-0.39, 0.29) is 11.7 Å². The fraction of sp³-hybridized carbons (Fsp3) is 0. The summed E-state index contributed by atoms with van der Waals surface area (Å²) in [5.74, 6) is 0.0592. The Kier molecular flexibility index (Phi) is 4.41. The zero-order valence-electron chi connectivity index (χ0n) is 16.2. The summed E-state index contributed by atoms with van der Waals surface area (Å²) in [6.45, 7) is 0. The molecule has 0 aliphatic carbocycles. The van der Waals surface area contributed by atoms with Crippen LogP contribution < -0.4 is 5.32 Å². The molecule has 0 atom stereocenters. The monoisotopic (exact) mass is 389 g/mol. The second-order valence-electron chi connectivity index (χ2n) is 7.27. The van der Waals surface area contributed by atoms with Crippen LogP contribution in [0.3, 0.4) is 0 Å². The fourth-order valence-corrected chi connectivity index (χ4v) is 3.85. The van der Waals surface area contributed by atoms with Crippen LogP contribution in [0.4, 0.5) is 5.69 Å².